The van der Waals surface area contributed by atoms with E-state index in [1.165, 1.54) is 27.7 Å². The molecule has 0 amide bonds. The van der Waals surface area contributed by atoms with Gasteiger partial charge in [0, 0.05) is 27.7 Å². The first kappa shape index (κ1) is 34.0. The fourth-order valence-electron chi connectivity index (χ4n) is 5.08. The third kappa shape index (κ3) is 8.75. The average molecular weight is 609 g/mol. The molecule has 13 nitrogen and oxygen atoms in total. The Bertz CT molecular complexity index is 1150. The van der Waals surface area contributed by atoms with Crippen LogP contribution in [0.5, 0.6) is 5.75 Å². The lowest BCUT2D eigenvalue weighted by Gasteiger charge is -2.49. The molecule has 0 bridgehead atoms. The van der Waals surface area contributed by atoms with Crippen LogP contribution in [0, 0.1) is 0 Å². The maximum Gasteiger partial charge on any atom is 0.303 e. The van der Waals surface area contributed by atoms with Crippen LogP contribution in [0.25, 0.3) is 6.08 Å². The van der Waals surface area contributed by atoms with Gasteiger partial charge in [-0.1, -0.05) is 31.7 Å². The zero-order chi connectivity index (χ0) is 31.9. The van der Waals surface area contributed by atoms with E-state index in [2.05, 4.69) is 6.58 Å². The molecule has 1 aromatic rings. The molecule has 0 aromatic heterocycles. The SMILES string of the molecule is C=Cc1ccc(OC2OCC(OC(C)(CC)C3OCC(O)C(OC(C)=O)C3OC(C)=O)C(OC(C)=O)C2OC(C)=O)cc1. The Morgan fingerprint density at radius 3 is 1.93 bits per heavy atom. The van der Waals surface area contributed by atoms with Crippen molar-refractivity contribution in [3.05, 3.63) is 36.4 Å². The highest BCUT2D eigenvalue weighted by Gasteiger charge is 2.55. The van der Waals surface area contributed by atoms with Gasteiger partial charge in [0.25, 0.3) is 0 Å². The third-order valence-electron chi connectivity index (χ3n) is 7.13. The molecule has 9 unspecified atom stereocenters. The maximum absolute atomic E-state index is 12.2. The quantitative estimate of drug-likeness (QED) is 0.287. The fraction of sp³-hybridized carbons (Fsp3) is 0.600. The minimum absolute atomic E-state index is 0.165. The van der Waals surface area contributed by atoms with Crippen molar-refractivity contribution in [2.75, 3.05) is 13.2 Å². The Morgan fingerprint density at radius 2 is 1.40 bits per heavy atom. The summed E-state index contributed by atoms with van der Waals surface area (Å²) in [7, 11) is 0. The number of carbonyl (C=O) groups is 4. The van der Waals surface area contributed by atoms with Crippen LogP contribution in [0.15, 0.2) is 30.8 Å². The van der Waals surface area contributed by atoms with Crippen molar-refractivity contribution in [1.82, 2.24) is 0 Å². The van der Waals surface area contributed by atoms with E-state index in [0.717, 1.165) is 5.56 Å². The molecule has 2 heterocycles. The van der Waals surface area contributed by atoms with Crippen LogP contribution in [0.1, 0.15) is 53.5 Å². The number of hydrogen-bond acceptors (Lipinski definition) is 13. The van der Waals surface area contributed by atoms with Crippen molar-refractivity contribution >= 4 is 30.0 Å². The number of ether oxygens (including phenoxy) is 8. The summed E-state index contributed by atoms with van der Waals surface area (Å²) in [5.74, 6) is -2.33. The van der Waals surface area contributed by atoms with Crippen molar-refractivity contribution in [3.8, 4) is 5.75 Å². The smallest absolute Gasteiger partial charge is 0.303 e. The van der Waals surface area contributed by atoms with Gasteiger partial charge in [0.2, 0.25) is 12.4 Å². The van der Waals surface area contributed by atoms with Gasteiger partial charge in [0.05, 0.1) is 18.8 Å². The molecule has 0 radical (unpaired) electrons. The van der Waals surface area contributed by atoms with E-state index >= 15 is 0 Å². The number of carbonyl (C=O) groups excluding carboxylic acids is 4. The summed E-state index contributed by atoms with van der Waals surface area (Å²) in [6.45, 7) is 11.5. The van der Waals surface area contributed by atoms with Crippen LogP contribution in [-0.4, -0.2) is 96.8 Å². The summed E-state index contributed by atoms with van der Waals surface area (Å²) in [6, 6.07) is 6.92. The molecule has 2 aliphatic heterocycles. The molecule has 1 N–H and O–H groups in total. The molecule has 3 rings (SSSR count). The highest BCUT2D eigenvalue weighted by atomic mass is 16.7. The third-order valence-corrected chi connectivity index (χ3v) is 7.13. The van der Waals surface area contributed by atoms with Gasteiger partial charge in [-0.3, -0.25) is 19.2 Å². The first-order valence-corrected chi connectivity index (χ1v) is 13.9. The lowest BCUT2D eigenvalue weighted by Crippen LogP contribution is -2.66. The minimum atomic E-state index is -1.29. The molecule has 0 spiro atoms. The van der Waals surface area contributed by atoms with Crippen LogP contribution in [0.3, 0.4) is 0 Å². The summed E-state index contributed by atoms with van der Waals surface area (Å²) in [4.78, 5) is 48.3. The molecule has 43 heavy (non-hydrogen) atoms. The average Bonchev–Trinajstić information content (AvgIpc) is 2.93. The van der Waals surface area contributed by atoms with Crippen molar-refractivity contribution < 1.29 is 62.2 Å². The van der Waals surface area contributed by atoms with Gasteiger partial charge >= 0.3 is 23.9 Å². The number of aliphatic hydroxyl groups excluding tert-OH is 1. The molecule has 2 saturated heterocycles. The second-order valence-electron chi connectivity index (χ2n) is 10.5. The lowest BCUT2D eigenvalue weighted by atomic mass is 9.85. The van der Waals surface area contributed by atoms with Gasteiger partial charge in [-0.2, -0.15) is 0 Å². The van der Waals surface area contributed by atoms with Crippen LogP contribution in [0.4, 0.5) is 0 Å². The van der Waals surface area contributed by atoms with E-state index in [-0.39, 0.29) is 19.6 Å². The first-order valence-electron chi connectivity index (χ1n) is 13.9. The van der Waals surface area contributed by atoms with Gasteiger partial charge in [0.1, 0.15) is 24.1 Å². The largest absolute Gasteiger partial charge is 0.461 e. The molecule has 9 atom stereocenters. The molecule has 238 valence electrons. The van der Waals surface area contributed by atoms with Crippen molar-refractivity contribution in [2.45, 2.75) is 103 Å². The summed E-state index contributed by atoms with van der Waals surface area (Å²) in [5, 5.41) is 10.5. The van der Waals surface area contributed by atoms with E-state index < -0.39 is 78.5 Å². The Morgan fingerprint density at radius 1 is 0.860 bits per heavy atom. The molecule has 13 heteroatoms. The molecule has 0 aliphatic carbocycles. The topological polar surface area (TPSA) is 162 Å². The second kappa shape index (κ2) is 14.8. The van der Waals surface area contributed by atoms with E-state index in [1.54, 1.807) is 44.2 Å². The van der Waals surface area contributed by atoms with E-state index in [1.807, 2.05) is 0 Å². The van der Waals surface area contributed by atoms with Gasteiger partial charge in [-0.25, -0.2) is 0 Å². The fourth-order valence-corrected chi connectivity index (χ4v) is 5.08. The Labute approximate surface area is 250 Å². The normalized spacial score (nSPS) is 30.2. The van der Waals surface area contributed by atoms with Gasteiger partial charge < -0.3 is 43.0 Å². The number of aliphatic hydroxyl groups is 1. The first-order chi connectivity index (χ1) is 20.3. The van der Waals surface area contributed by atoms with Crippen LogP contribution in [-0.2, 0) is 52.3 Å². The molecule has 1 aromatic carbocycles. The zero-order valence-corrected chi connectivity index (χ0v) is 25.2. The Hall–Kier alpha value is -3.52. The van der Waals surface area contributed by atoms with Gasteiger partial charge in [-0.15, -0.1) is 0 Å². The molecular formula is C30H40O13. The molecular weight excluding hydrogens is 568 g/mol. The summed E-state index contributed by atoms with van der Waals surface area (Å²) < 4.78 is 46.4. The van der Waals surface area contributed by atoms with Crippen molar-refractivity contribution in [2.24, 2.45) is 0 Å². The zero-order valence-electron chi connectivity index (χ0n) is 25.2. The molecule has 2 aliphatic rings. The Balaban J connectivity index is 1.94. The molecule has 0 saturated carbocycles. The predicted molar refractivity (Wildman–Crippen MR) is 148 cm³/mol. The summed E-state index contributed by atoms with van der Waals surface area (Å²) in [6.07, 6.45) is -7.50. The van der Waals surface area contributed by atoms with E-state index in [4.69, 9.17) is 37.9 Å². The van der Waals surface area contributed by atoms with Gasteiger partial charge in [-0.05, 0) is 31.0 Å². The molecule has 2 fully saturated rings. The number of hydrogen-bond donors (Lipinski definition) is 1. The summed E-state index contributed by atoms with van der Waals surface area (Å²) in [5.41, 5.74) is -0.431. The number of rotatable bonds is 11. The van der Waals surface area contributed by atoms with Crippen LogP contribution < -0.4 is 4.74 Å². The van der Waals surface area contributed by atoms with Crippen LogP contribution in [0.2, 0.25) is 0 Å². The standard InChI is InChI=1S/C30H40O13/c1-8-20-10-12-21(13-11-20)42-29-27(41-19(6)34)25(39-17(4)32)23(15-37-29)43-30(7,9-2)28-26(40-18(5)33)24(38-16(3)31)22(35)14-36-28/h8,10-13,22-29,35H,1,9,14-15H2,2-7H3. The van der Waals surface area contributed by atoms with Crippen molar-refractivity contribution in [1.29, 1.82) is 0 Å². The number of benzene rings is 1. The predicted octanol–water partition coefficient (Wildman–Crippen LogP) is 2.11. The maximum atomic E-state index is 12.2. The number of esters is 4. The van der Waals surface area contributed by atoms with E-state index in [0.29, 0.717) is 5.75 Å². The van der Waals surface area contributed by atoms with E-state index in [9.17, 15) is 24.3 Å². The van der Waals surface area contributed by atoms with Crippen molar-refractivity contribution in [3.63, 3.8) is 0 Å². The van der Waals surface area contributed by atoms with Crippen LogP contribution >= 0.6 is 0 Å². The highest BCUT2D eigenvalue weighted by Crippen LogP contribution is 2.37. The van der Waals surface area contributed by atoms with Gasteiger partial charge in [0.15, 0.2) is 18.3 Å². The lowest BCUT2D eigenvalue weighted by molar-refractivity contribution is -0.303. The summed E-state index contributed by atoms with van der Waals surface area (Å²) >= 11 is 0. The second-order valence-corrected chi connectivity index (χ2v) is 10.5. The minimum Gasteiger partial charge on any atom is -0.461 e. The Kier molecular flexibility index (Phi) is 11.7. The monoisotopic (exact) mass is 608 g/mol. The highest BCUT2D eigenvalue weighted by molar-refractivity contribution is 5.68.